The van der Waals surface area contributed by atoms with Gasteiger partial charge in [0.05, 0.1) is 12.9 Å². The molecule has 0 aliphatic heterocycles. The minimum absolute atomic E-state index is 0.0812. The predicted molar refractivity (Wildman–Crippen MR) is 133 cm³/mol. The van der Waals surface area contributed by atoms with Gasteiger partial charge >= 0.3 is 0 Å². The van der Waals surface area contributed by atoms with Crippen molar-refractivity contribution in [1.82, 2.24) is 14.8 Å². The molecule has 0 saturated carbocycles. The summed E-state index contributed by atoms with van der Waals surface area (Å²) in [6.07, 6.45) is 0.856. The number of amides is 1. The molecule has 168 valence electrons. The normalized spacial score (nSPS) is 10.8. The van der Waals surface area contributed by atoms with Crippen molar-refractivity contribution in [3.63, 3.8) is 0 Å². The van der Waals surface area contributed by atoms with E-state index in [0.29, 0.717) is 5.16 Å². The maximum absolute atomic E-state index is 12.7. The highest BCUT2D eigenvalue weighted by Gasteiger charge is 2.18. The summed E-state index contributed by atoms with van der Waals surface area (Å²) in [7, 11) is 1.64. The summed E-state index contributed by atoms with van der Waals surface area (Å²) in [6.45, 7) is 4.12. The highest BCUT2D eigenvalue weighted by Crippen LogP contribution is 2.29. The van der Waals surface area contributed by atoms with E-state index in [1.807, 2.05) is 78.2 Å². The third-order valence-corrected chi connectivity index (χ3v) is 6.17. The SMILES string of the molecule is CCc1ccccc1NC(=O)CSc1nnc(-c2cccc(C)c2)n1-c1ccc(OC)cc1. The first-order valence-electron chi connectivity index (χ1n) is 10.8. The number of hydrogen-bond acceptors (Lipinski definition) is 5. The molecule has 4 rings (SSSR count). The lowest BCUT2D eigenvalue weighted by molar-refractivity contribution is -0.113. The number of benzene rings is 3. The van der Waals surface area contributed by atoms with Gasteiger partial charge in [-0.2, -0.15) is 0 Å². The van der Waals surface area contributed by atoms with Crippen molar-refractivity contribution in [2.75, 3.05) is 18.2 Å². The van der Waals surface area contributed by atoms with Gasteiger partial charge < -0.3 is 10.1 Å². The molecular weight excluding hydrogens is 432 g/mol. The Morgan fingerprint density at radius 1 is 1.03 bits per heavy atom. The largest absolute Gasteiger partial charge is 0.497 e. The Hall–Kier alpha value is -3.58. The molecule has 1 N–H and O–H groups in total. The smallest absolute Gasteiger partial charge is 0.234 e. The number of aryl methyl sites for hydroxylation is 2. The molecule has 1 amide bonds. The Morgan fingerprint density at radius 3 is 2.55 bits per heavy atom. The monoisotopic (exact) mass is 458 g/mol. The van der Waals surface area contributed by atoms with Gasteiger partial charge in [0.15, 0.2) is 11.0 Å². The van der Waals surface area contributed by atoms with E-state index in [1.165, 1.54) is 11.8 Å². The number of rotatable bonds is 8. The van der Waals surface area contributed by atoms with Crippen LogP contribution in [0.3, 0.4) is 0 Å². The zero-order chi connectivity index (χ0) is 23.2. The number of carbonyl (C=O) groups is 1. The number of anilines is 1. The van der Waals surface area contributed by atoms with Crippen molar-refractivity contribution < 1.29 is 9.53 Å². The van der Waals surface area contributed by atoms with E-state index in [1.54, 1.807) is 7.11 Å². The lowest BCUT2D eigenvalue weighted by Gasteiger charge is -2.12. The van der Waals surface area contributed by atoms with Crippen LogP contribution in [0.15, 0.2) is 78.0 Å². The Kier molecular flexibility index (Phi) is 7.10. The van der Waals surface area contributed by atoms with Gasteiger partial charge in [0, 0.05) is 16.9 Å². The molecule has 1 aromatic heterocycles. The number of nitrogens with one attached hydrogen (secondary N) is 1. The van der Waals surface area contributed by atoms with Crippen LogP contribution in [0, 0.1) is 6.92 Å². The Labute approximate surface area is 198 Å². The molecule has 3 aromatic carbocycles. The average molecular weight is 459 g/mol. The zero-order valence-electron chi connectivity index (χ0n) is 18.9. The van der Waals surface area contributed by atoms with Gasteiger partial charge in [-0.25, -0.2) is 0 Å². The summed E-state index contributed by atoms with van der Waals surface area (Å²) in [4.78, 5) is 12.7. The molecule has 0 bridgehead atoms. The molecule has 4 aromatic rings. The fourth-order valence-electron chi connectivity index (χ4n) is 3.57. The molecule has 33 heavy (non-hydrogen) atoms. The van der Waals surface area contributed by atoms with Gasteiger partial charge in [-0.15, -0.1) is 10.2 Å². The highest BCUT2D eigenvalue weighted by atomic mass is 32.2. The summed E-state index contributed by atoms with van der Waals surface area (Å²) in [5.74, 6) is 1.64. The van der Waals surface area contributed by atoms with Crippen molar-refractivity contribution in [1.29, 1.82) is 0 Å². The number of ether oxygens (including phenoxy) is 1. The molecule has 0 spiro atoms. The molecule has 0 aliphatic carbocycles. The first-order valence-corrected chi connectivity index (χ1v) is 11.7. The van der Waals surface area contributed by atoms with Crippen LogP contribution >= 0.6 is 11.8 Å². The van der Waals surface area contributed by atoms with E-state index in [2.05, 4.69) is 28.5 Å². The first-order chi connectivity index (χ1) is 16.1. The van der Waals surface area contributed by atoms with Crippen molar-refractivity contribution in [2.24, 2.45) is 0 Å². The van der Waals surface area contributed by atoms with Crippen LogP contribution in [-0.2, 0) is 11.2 Å². The minimum Gasteiger partial charge on any atom is -0.497 e. The maximum atomic E-state index is 12.7. The molecule has 0 radical (unpaired) electrons. The third-order valence-electron chi connectivity index (χ3n) is 5.24. The summed E-state index contributed by atoms with van der Waals surface area (Å²) in [6, 6.07) is 23.7. The fourth-order valence-corrected chi connectivity index (χ4v) is 4.32. The molecule has 7 heteroatoms. The number of aromatic nitrogens is 3. The van der Waals surface area contributed by atoms with Crippen LogP contribution in [0.2, 0.25) is 0 Å². The molecular formula is C26H26N4O2S. The Bertz CT molecular complexity index is 1250. The second kappa shape index (κ2) is 10.4. The minimum atomic E-state index is -0.0812. The van der Waals surface area contributed by atoms with Crippen LogP contribution < -0.4 is 10.1 Å². The summed E-state index contributed by atoms with van der Waals surface area (Å²) in [5, 5.41) is 12.6. The van der Waals surface area contributed by atoms with E-state index in [0.717, 1.165) is 46.1 Å². The first kappa shape index (κ1) is 22.6. The van der Waals surface area contributed by atoms with Crippen molar-refractivity contribution >= 4 is 23.4 Å². The molecule has 6 nitrogen and oxygen atoms in total. The number of thioether (sulfide) groups is 1. The Balaban J connectivity index is 1.61. The zero-order valence-corrected chi connectivity index (χ0v) is 19.7. The van der Waals surface area contributed by atoms with Gasteiger partial charge in [-0.05, 0) is 55.3 Å². The van der Waals surface area contributed by atoms with Gasteiger partial charge in [0.1, 0.15) is 5.75 Å². The van der Waals surface area contributed by atoms with Crippen LogP contribution in [0.25, 0.3) is 17.1 Å². The number of methoxy groups -OCH3 is 1. The van der Waals surface area contributed by atoms with Gasteiger partial charge in [-0.1, -0.05) is 60.6 Å². The topological polar surface area (TPSA) is 69.0 Å². The number of nitrogens with zero attached hydrogens (tertiary/aromatic N) is 3. The van der Waals surface area contributed by atoms with E-state index in [4.69, 9.17) is 4.74 Å². The molecule has 1 heterocycles. The lowest BCUT2D eigenvalue weighted by atomic mass is 10.1. The predicted octanol–water partition coefficient (Wildman–Crippen LogP) is 5.54. The van der Waals surface area contributed by atoms with E-state index in [9.17, 15) is 4.79 Å². The van der Waals surface area contributed by atoms with E-state index < -0.39 is 0 Å². The fraction of sp³-hybridized carbons (Fsp3) is 0.192. The van der Waals surface area contributed by atoms with Gasteiger partial charge in [0.25, 0.3) is 0 Å². The quantitative estimate of drug-likeness (QED) is 0.351. The Morgan fingerprint density at radius 2 is 1.82 bits per heavy atom. The van der Waals surface area contributed by atoms with Gasteiger partial charge in [0.2, 0.25) is 5.91 Å². The summed E-state index contributed by atoms with van der Waals surface area (Å²) >= 11 is 1.36. The number of carbonyl (C=O) groups excluding carboxylic acids is 1. The van der Waals surface area contributed by atoms with Crippen molar-refractivity contribution in [3.05, 3.63) is 83.9 Å². The molecule has 0 aliphatic rings. The van der Waals surface area contributed by atoms with Crippen LogP contribution in [0.5, 0.6) is 5.75 Å². The van der Waals surface area contributed by atoms with Crippen LogP contribution in [0.4, 0.5) is 5.69 Å². The lowest BCUT2D eigenvalue weighted by Crippen LogP contribution is -2.15. The maximum Gasteiger partial charge on any atom is 0.234 e. The number of hydrogen-bond donors (Lipinski definition) is 1. The second-order valence-electron chi connectivity index (χ2n) is 7.56. The van der Waals surface area contributed by atoms with Gasteiger partial charge in [-0.3, -0.25) is 9.36 Å². The average Bonchev–Trinajstić information content (AvgIpc) is 3.27. The van der Waals surface area contributed by atoms with E-state index >= 15 is 0 Å². The molecule has 0 atom stereocenters. The second-order valence-corrected chi connectivity index (χ2v) is 8.50. The van der Waals surface area contributed by atoms with Crippen molar-refractivity contribution in [3.8, 4) is 22.8 Å². The van der Waals surface area contributed by atoms with Crippen molar-refractivity contribution in [2.45, 2.75) is 25.4 Å². The molecule has 0 fully saturated rings. The molecule has 0 unspecified atom stereocenters. The third kappa shape index (κ3) is 5.26. The number of para-hydroxylation sites is 1. The summed E-state index contributed by atoms with van der Waals surface area (Å²) in [5.41, 5.74) is 4.96. The van der Waals surface area contributed by atoms with Crippen LogP contribution in [-0.4, -0.2) is 33.5 Å². The standard InChI is InChI=1S/C26H26N4O2S/c1-4-19-9-5-6-11-23(19)27-24(31)17-33-26-29-28-25(20-10-7-8-18(2)16-20)30(26)21-12-14-22(32-3)15-13-21/h5-16H,4,17H2,1-3H3,(H,27,31). The molecule has 0 saturated heterocycles. The summed E-state index contributed by atoms with van der Waals surface area (Å²) < 4.78 is 7.28. The van der Waals surface area contributed by atoms with E-state index in [-0.39, 0.29) is 11.7 Å². The van der Waals surface area contributed by atoms with Crippen LogP contribution in [0.1, 0.15) is 18.1 Å². The highest BCUT2D eigenvalue weighted by molar-refractivity contribution is 7.99.